The van der Waals surface area contributed by atoms with Crippen molar-refractivity contribution in [3.05, 3.63) is 23.3 Å². The highest BCUT2D eigenvalue weighted by molar-refractivity contribution is 5.86. The van der Waals surface area contributed by atoms with Gasteiger partial charge in [-0.3, -0.25) is 0 Å². The second kappa shape index (κ2) is 3.26. The van der Waals surface area contributed by atoms with Crippen LogP contribution in [-0.2, 0) is 4.79 Å². The third-order valence-corrected chi connectivity index (χ3v) is 3.75. The Morgan fingerprint density at radius 2 is 2.00 bits per heavy atom. The van der Waals surface area contributed by atoms with E-state index in [1.54, 1.807) is 6.92 Å². The first kappa shape index (κ1) is 9.50. The second-order valence-corrected chi connectivity index (χ2v) is 4.50. The summed E-state index contributed by atoms with van der Waals surface area (Å²) in [7, 11) is 0. The molecule has 1 saturated carbocycles. The van der Waals surface area contributed by atoms with Crippen LogP contribution in [0, 0.1) is 17.8 Å². The lowest BCUT2D eigenvalue weighted by Gasteiger charge is -2.20. The van der Waals surface area contributed by atoms with Gasteiger partial charge in [0.1, 0.15) is 0 Å². The summed E-state index contributed by atoms with van der Waals surface area (Å²) in [5.41, 5.74) is 1.62. The third kappa shape index (κ3) is 1.39. The number of aliphatic carboxylic acids is 1. The zero-order valence-electron chi connectivity index (χ0n) is 8.66. The van der Waals surface area contributed by atoms with E-state index in [-0.39, 0.29) is 0 Å². The fourth-order valence-corrected chi connectivity index (χ4v) is 2.73. The molecule has 2 bridgehead atoms. The lowest BCUT2D eigenvalue weighted by molar-refractivity contribution is -0.132. The van der Waals surface area contributed by atoms with Crippen LogP contribution in [0.4, 0.5) is 0 Å². The zero-order chi connectivity index (χ0) is 10.3. The summed E-state index contributed by atoms with van der Waals surface area (Å²) in [6.07, 6.45) is 6.93. The van der Waals surface area contributed by atoms with Gasteiger partial charge in [-0.25, -0.2) is 4.79 Å². The Morgan fingerprint density at radius 1 is 1.29 bits per heavy atom. The van der Waals surface area contributed by atoms with Crippen LogP contribution in [0.3, 0.4) is 0 Å². The van der Waals surface area contributed by atoms with Crippen LogP contribution in [-0.4, -0.2) is 11.1 Å². The quantitative estimate of drug-likeness (QED) is 0.539. The van der Waals surface area contributed by atoms with E-state index in [1.807, 2.05) is 6.92 Å². The Hall–Kier alpha value is -1.05. The number of carbonyl (C=O) groups is 1. The first-order valence-corrected chi connectivity index (χ1v) is 5.18. The summed E-state index contributed by atoms with van der Waals surface area (Å²) in [6.45, 7) is 3.69. The molecule has 2 rings (SSSR count). The van der Waals surface area contributed by atoms with Gasteiger partial charge < -0.3 is 5.11 Å². The predicted molar refractivity (Wildman–Crippen MR) is 54.9 cm³/mol. The van der Waals surface area contributed by atoms with Gasteiger partial charge in [0, 0.05) is 5.57 Å². The number of carboxylic acid groups (broad SMARTS) is 1. The molecule has 0 radical (unpaired) electrons. The van der Waals surface area contributed by atoms with E-state index < -0.39 is 5.97 Å². The topological polar surface area (TPSA) is 37.3 Å². The van der Waals surface area contributed by atoms with E-state index in [9.17, 15) is 4.79 Å². The van der Waals surface area contributed by atoms with E-state index in [4.69, 9.17) is 5.11 Å². The number of fused-ring (bicyclic) bond motifs is 2. The van der Waals surface area contributed by atoms with Crippen molar-refractivity contribution in [2.24, 2.45) is 17.8 Å². The summed E-state index contributed by atoms with van der Waals surface area (Å²) in [5.74, 6) is 1.03. The van der Waals surface area contributed by atoms with Gasteiger partial charge in [-0.15, -0.1) is 0 Å². The number of allylic oxidation sites excluding steroid dienone is 3. The first-order valence-electron chi connectivity index (χ1n) is 5.18. The van der Waals surface area contributed by atoms with Crippen LogP contribution in [0.1, 0.15) is 26.7 Å². The molecule has 0 aromatic carbocycles. The third-order valence-electron chi connectivity index (χ3n) is 3.75. The van der Waals surface area contributed by atoms with Gasteiger partial charge in [0.25, 0.3) is 0 Å². The molecule has 0 spiro atoms. The second-order valence-electron chi connectivity index (χ2n) is 4.50. The van der Waals surface area contributed by atoms with Crippen LogP contribution in [0.25, 0.3) is 0 Å². The van der Waals surface area contributed by atoms with E-state index in [0.717, 1.165) is 12.0 Å². The SMILES string of the molecule is C/C(C(=O)O)=C(/C)C1CC2C=CC1C2. The molecule has 2 nitrogen and oxygen atoms in total. The van der Waals surface area contributed by atoms with Gasteiger partial charge >= 0.3 is 5.97 Å². The molecule has 2 aliphatic rings. The number of rotatable bonds is 2. The number of hydrogen-bond donors (Lipinski definition) is 1. The van der Waals surface area contributed by atoms with Crippen molar-refractivity contribution >= 4 is 5.97 Å². The molecule has 0 amide bonds. The van der Waals surface area contributed by atoms with Crippen molar-refractivity contribution in [1.82, 2.24) is 0 Å². The van der Waals surface area contributed by atoms with Gasteiger partial charge in [-0.05, 0) is 44.4 Å². The summed E-state index contributed by atoms with van der Waals surface area (Å²) in [5, 5.41) is 8.91. The van der Waals surface area contributed by atoms with Gasteiger partial charge in [0.2, 0.25) is 0 Å². The minimum absolute atomic E-state index is 0.487. The molecule has 3 unspecified atom stereocenters. The fourth-order valence-electron chi connectivity index (χ4n) is 2.73. The molecule has 14 heavy (non-hydrogen) atoms. The van der Waals surface area contributed by atoms with Crippen molar-refractivity contribution in [2.45, 2.75) is 26.7 Å². The smallest absolute Gasteiger partial charge is 0.331 e. The van der Waals surface area contributed by atoms with E-state index >= 15 is 0 Å². The summed E-state index contributed by atoms with van der Waals surface area (Å²) in [6, 6.07) is 0. The van der Waals surface area contributed by atoms with Crippen molar-refractivity contribution in [1.29, 1.82) is 0 Å². The minimum atomic E-state index is -0.769. The minimum Gasteiger partial charge on any atom is -0.478 e. The van der Waals surface area contributed by atoms with Gasteiger partial charge in [-0.2, -0.15) is 0 Å². The van der Waals surface area contributed by atoms with Crippen LogP contribution in [0.15, 0.2) is 23.3 Å². The van der Waals surface area contributed by atoms with Crippen LogP contribution >= 0.6 is 0 Å². The maximum Gasteiger partial charge on any atom is 0.331 e. The fraction of sp³-hybridized carbons (Fsp3) is 0.583. The lowest BCUT2D eigenvalue weighted by Crippen LogP contribution is -2.12. The monoisotopic (exact) mass is 192 g/mol. The van der Waals surface area contributed by atoms with Crippen molar-refractivity contribution < 1.29 is 9.90 Å². The molecule has 2 aliphatic carbocycles. The molecule has 76 valence electrons. The summed E-state index contributed by atoms with van der Waals surface area (Å²) < 4.78 is 0. The van der Waals surface area contributed by atoms with E-state index in [2.05, 4.69) is 12.2 Å². The molecule has 2 heteroatoms. The molecular weight excluding hydrogens is 176 g/mol. The molecule has 1 fully saturated rings. The standard InChI is InChI=1S/C12H16O2/c1-7(8(2)12(13)14)11-6-9-3-4-10(11)5-9/h3-4,9-11H,5-6H2,1-2H3,(H,13,14)/b8-7+. The van der Waals surface area contributed by atoms with Crippen molar-refractivity contribution in [2.75, 3.05) is 0 Å². The van der Waals surface area contributed by atoms with Crippen LogP contribution in [0.5, 0.6) is 0 Å². The van der Waals surface area contributed by atoms with E-state index in [0.29, 0.717) is 23.3 Å². The predicted octanol–water partition coefficient (Wildman–Crippen LogP) is 2.62. The maximum absolute atomic E-state index is 10.8. The summed E-state index contributed by atoms with van der Waals surface area (Å²) in [4.78, 5) is 10.8. The molecule has 0 heterocycles. The Labute approximate surface area is 84.3 Å². The van der Waals surface area contributed by atoms with Gasteiger partial charge in [0.05, 0.1) is 0 Å². The molecule has 0 aliphatic heterocycles. The van der Waals surface area contributed by atoms with Gasteiger partial charge in [-0.1, -0.05) is 17.7 Å². The Balaban J connectivity index is 2.21. The average molecular weight is 192 g/mol. The zero-order valence-corrected chi connectivity index (χ0v) is 8.66. The van der Waals surface area contributed by atoms with Gasteiger partial charge in [0.15, 0.2) is 0 Å². The molecular formula is C12H16O2. The molecule has 0 aromatic rings. The van der Waals surface area contributed by atoms with Crippen LogP contribution < -0.4 is 0 Å². The Bertz CT molecular complexity index is 325. The van der Waals surface area contributed by atoms with E-state index in [1.165, 1.54) is 6.42 Å². The average Bonchev–Trinajstić information content (AvgIpc) is 2.76. The molecule has 1 N–H and O–H groups in total. The molecule has 0 saturated heterocycles. The van der Waals surface area contributed by atoms with Crippen molar-refractivity contribution in [3.63, 3.8) is 0 Å². The Kier molecular flexibility index (Phi) is 2.22. The van der Waals surface area contributed by atoms with Crippen LogP contribution in [0.2, 0.25) is 0 Å². The lowest BCUT2D eigenvalue weighted by atomic mass is 9.85. The number of carboxylic acids is 1. The first-order chi connectivity index (χ1) is 6.59. The highest BCUT2D eigenvalue weighted by Gasteiger charge is 2.37. The highest BCUT2D eigenvalue weighted by atomic mass is 16.4. The molecule has 3 atom stereocenters. The normalized spacial score (nSPS) is 36.0. The highest BCUT2D eigenvalue weighted by Crippen LogP contribution is 2.47. The Morgan fingerprint density at radius 3 is 2.43 bits per heavy atom. The summed E-state index contributed by atoms with van der Waals surface area (Å²) >= 11 is 0. The largest absolute Gasteiger partial charge is 0.478 e. The number of hydrogen-bond acceptors (Lipinski definition) is 1. The van der Waals surface area contributed by atoms with Crippen molar-refractivity contribution in [3.8, 4) is 0 Å². The maximum atomic E-state index is 10.8. The molecule has 0 aromatic heterocycles.